The van der Waals surface area contributed by atoms with Gasteiger partial charge < -0.3 is 20.5 Å². The zero-order chi connectivity index (χ0) is 17.5. The van der Waals surface area contributed by atoms with Gasteiger partial charge in [0.2, 0.25) is 10.0 Å². The van der Waals surface area contributed by atoms with Crippen molar-refractivity contribution in [2.75, 3.05) is 32.1 Å². The van der Waals surface area contributed by atoms with Crippen LogP contribution in [0.2, 0.25) is 0 Å². The lowest BCUT2D eigenvalue weighted by atomic mass is 10.0. The predicted molar refractivity (Wildman–Crippen MR) is 87.6 cm³/mol. The Kier molecular flexibility index (Phi) is 4.41. The van der Waals surface area contributed by atoms with Crippen LogP contribution in [0.1, 0.15) is 13.3 Å². The van der Waals surface area contributed by atoms with E-state index >= 15 is 0 Å². The number of carbonyl (C=O) groups is 1. The number of nitrogens with zero attached hydrogens (tertiary/aromatic N) is 1. The minimum Gasteiger partial charge on any atom is -0.495 e. The van der Waals surface area contributed by atoms with Crippen LogP contribution < -0.4 is 20.5 Å². The maximum absolute atomic E-state index is 13.0. The van der Waals surface area contributed by atoms with Gasteiger partial charge in [-0.15, -0.1) is 0 Å². The van der Waals surface area contributed by atoms with E-state index < -0.39 is 10.0 Å². The number of methoxy groups -OCH3 is 1. The van der Waals surface area contributed by atoms with E-state index in [2.05, 4.69) is 5.32 Å². The smallest absolute Gasteiger partial charge is 0.262 e. The van der Waals surface area contributed by atoms with E-state index in [1.54, 1.807) is 0 Å². The summed E-state index contributed by atoms with van der Waals surface area (Å²) in [6, 6.07) is 2.81. The molecule has 3 N–H and O–H groups in total. The van der Waals surface area contributed by atoms with Gasteiger partial charge in [-0.25, -0.2) is 8.42 Å². The van der Waals surface area contributed by atoms with Crippen molar-refractivity contribution < 1.29 is 22.7 Å². The van der Waals surface area contributed by atoms with E-state index in [-0.39, 0.29) is 35.1 Å². The average molecular weight is 355 g/mol. The number of carbonyl (C=O) groups excluding carboxylic acids is 1. The Balaban J connectivity index is 1.97. The largest absolute Gasteiger partial charge is 0.495 e. The van der Waals surface area contributed by atoms with Crippen LogP contribution >= 0.6 is 0 Å². The number of sulfonamides is 1. The van der Waals surface area contributed by atoms with Crippen LogP contribution in [0.25, 0.3) is 0 Å². The van der Waals surface area contributed by atoms with Gasteiger partial charge in [0.15, 0.2) is 6.61 Å². The number of nitrogens with one attached hydrogen (secondary N) is 1. The molecule has 0 aromatic heterocycles. The molecule has 0 radical (unpaired) electrons. The average Bonchev–Trinajstić information content (AvgIpc) is 3.04. The Bertz CT molecular complexity index is 763. The second kappa shape index (κ2) is 6.23. The molecule has 1 amide bonds. The van der Waals surface area contributed by atoms with E-state index in [1.807, 2.05) is 6.92 Å². The Labute approximate surface area is 141 Å². The molecule has 1 fully saturated rings. The molecular formula is C15H21N3O5S. The Morgan fingerprint density at radius 3 is 2.83 bits per heavy atom. The molecule has 2 heterocycles. The van der Waals surface area contributed by atoms with Crippen LogP contribution in [-0.4, -0.2) is 51.5 Å². The molecule has 3 rings (SSSR count). The minimum atomic E-state index is -3.73. The van der Waals surface area contributed by atoms with Gasteiger partial charge in [0.05, 0.1) is 12.8 Å². The molecule has 132 valence electrons. The maximum atomic E-state index is 13.0. The topological polar surface area (TPSA) is 111 Å². The highest BCUT2D eigenvalue weighted by Gasteiger charge is 2.36. The summed E-state index contributed by atoms with van der Waals surface area (Å²) >= 11 is 0. The van der Waals surface area contributed by atoms with Gasteiger partial charge in [0.1, 0.15) is 16.4 Å². The normalized spacial score (nSPS) is 22.5. The number of ether oxygens (including phenoxy) is 2. The third-order valence-corrected chi connectivity index (χ3v) is 6.33. The summed E-state index contributed by atoms with van der Waals surface area (Å²) in [5.74, 6) is 0.333. The first-order chi connectivity index (χ1) is 11.3. The standard InChI is InChI=1S/C15H21N3O5S/c1-9(16)10-3-4-18(7-10)24(20,21)14-6-12-11(5-13(14)22-2)17-15(19)8-23-12/h5-6,9-10H,3-4,7-8,16H2,1-2H3,(H,17,19). The molecule has 2 aliphatic rings. The van der Waals surface area contributed by atoms with Crippen molar-refractivity contribution in [3.8, 4) is 11.5 Å². The lowest BCUT2D eigenvalue weighted by Gasteiger charge is -2.23. The van der Waals surface area contributed by atoms with Gasteiger partial charge in [-0.3, -0.25) is 4.79 Å². The Morgan fingerprint density at radius 1 is 1.46 bits per heavy atom. The molecule has 0 bridgehead atoms. The molecule has 24 heavy (non-hydrogen) atoms. The quantitative estimate of drug-likeness (QED) is 0.808. The third-order valence-electron chi connectivity index (χ3n) is 4.45. The first-order valence-electron chi connectivity index (χ1n) is 7.73. The van der Waals surface area contributed by atoms with E-state index in [0.29, 0.717) is 24.5 Å². The van der Waals surface area contributed by atoms with Crippen LogP contribution in [0.4, 0.5) is 5.69 Å². The summed E-state index contributed by atoms with van der Waals surface area (Å²) in [5, 5.41) is 2.64. The fraction of sp³-hybridized carbons (Fsp3) is 0.533. The van der Waals surface area contributed by atoms with Gasteiger partial charge in [0.25, 0.3) is 5.91 Å². The third kappa shape index (κ3) is 2.94. The van der Waals surface area contributed by atoms with Crippen LogP contribution in [-0.2, 0) is 14.8 Å². The van der Waals surface area contributed by atoms with Crippen LogP contribution in [0.15, 0.2) is 17.0 Å². The number of rotatable bonds is 4. The fourth-order valence-corrected chi connectivity index (χ4v) is 4.65. The van der Waals surface area contributed by atoms with Crippen LogP contribution in [0, 0.1) is 5.92 Å². The van der Waals surface area contributed by atoms with Gasteiger partial charge in [-0.1, -0.05) is 0 Å². The molecular weight excluding hydrogens is 334 g/mol. The van der Waals surface area contributed by atoms with Crippen molar-refractivity contribution in [1.82, 2.24) is 4.31 Å². The van der Waals surface area contributed by atoms with Crippen LogP contribution in [0.3, 0.4) is 0 Å². The summed E-state index contributed by atoms with van der Waals surface area (Å²) in [4.78, 5) is 11.4. The first-order valence-corrected chi connectivity index (χ1v) is 9.17. The first kappa shape index (κ1) is 17.0. The summed E-state index contributed by atoms with van der Waals surface area (Å²) in [7, 11) is -2.34. The lowest BCUT2D eigenvalue weighted by molar-refractivity contribution is -0.118. The van der Waals surface area contributed by atoms with Crippen molar-refractivity contribution in [2.24, 2.45) is 11.7 Å². The molecule has 1 aromatic carbocycles. The molecule has 9 heteroatoms. The zero-order valence-electron chi connectivity index (χ0n) is 13.6. The van der Waals surface area contributed by atoms with Gasteiger partial charge in [-0.05, 0) is 19.3 Å². The highest BCUT2D eigenvalue weighted by molar-refractivity contribution is 7.89. The minimum absolute atomic E-state index is 0.0326. The molecule has 2 atom stereocenters. The van der Waals surface area contributed by atoms with Crippen molar-refractivity contribution in [3.05, 3.63) is 12.1 Å². The number of benzene rings is 1. The summed E-state index contributed by atoms with van der Waals surface area (Å²) in [6.07, 6.45) is 0.733. The molecule has 0 saturated carbocycles. The molecule has 8 nitrogen and oxygen atoms in total. The van der Waals surface area contributed by atoms with Crippen molar-refractivity contribution in [1.29, 1.82) is 0 Å². The molecule has 2 aliphatic heterocycles. The van der Waals surface area contributed by atoms with Gasteiger partial charge in [0, 0.05) is 31.3 Å². The Hall–Kier alpha value is -1.84. The second-order valence-corrected chi connectivity index (χ2v) is 8.01. The molecule has 1 aromatic rings. The summed E-state index contributed by atoms with van der Waals surface area (Å²) < 4.78 is 38.0. The predicted octanol–water partition coefficient (Wildman–Crippen LogP) is 0.384. The Morgan fingerprint density at radius 2 is 2.21 bits per heavy atom. The number of nitrogens with two attached hydrogens (primary N) is 1. The monoisotopic (exact) mass is 355 g/mol. The highest BCUT2D eigenvalue weighted by atomic mass is 32.2. The van der Waals surface area contributed by atoms with Gasteiger partial charge in [-0.2, -0.15) is 4.31 Å². The van der Waals surface area contributed by atoms with Crippen molar-refractivity contribution >= 4 is 21.6 Å². The van der Waals surface area contributed by atoms with E-state index in [9.17, 15) is 13.2 Å². The molecule has 2 unspecified atom stereocenters. The van der Waals surface area contributed by atoms with E-state index in [0.717, 1.165) is 6.42 Å². The second-order valence-electron chi connectivity index (χ2n) is 6.11. The van der Waals surface area contributed by atoms with E-state index in [4.69, 9.17) is 15.2 Å². The van der Waals surface area contributed by atoms with Gasteiger partial charge >= 0.3 is 0 Å². The summed E-state index contributed by atoms with van der Waals surface area (Å²) in [6.45, 7) is 2.55. The number of hydrogen-bond acceptors (Lipinski definition) is 6. The lowest BCUT2D eigenvalue weighted by Crippen LogP contribution is -2.33. The zero-order valence-corrected chi connectivity index (χ0v) is 14.4. The highest BCUT2D eigenvalue weighted by Crippen LogP contribution is 2.39. The van der Waals surface area contributed by atoms with Crippen molar-refractivity contribution in [3.63, 3.8) is 0 Å². The molecule has 1 saturated heterocycles. The number of hydrogen-bond donors (Lipinski definition) is 2. The van der Waals surface area contributed by atoms with E-state index in [1.165, 1.54) is 23.5 Å². The summed E-state index contributed by atoms with van der Waals surface area (Å²) in [5.41, 5.74) is 6.30. The van der Waals surface area contributed by atoms with Crippen LogP contribution in [0.5, 0.6) is 11.5 Å². The number of amides is 1. The molecule has 0 spiro atoms. The molecule has 0 aliphatic carbocycles. The number of fused-ring (bicyclic) bond motifs is 1. The number of anilines is 1. The fourth-order valence-electron chi connectivity index (χ4n) is 2.99. The maximum Gasteiger partial charge on any atom is 0.262 e. The SMILES string of the molecule is COc1cc2c(cc1S(=O)(=O)N1CCC(C(C)N)C1)OCC(=O)N2. The van der Waals surface area contributed by atoms with Crippen molar-refractivity contribution in [2.45, 2.75) is 24.3 Å².